The Bertz CT molecular complexity index is 1530. The van der Waals surface area contributed by atoms with Gasteiger partial charge in [0.2, 0.25) is 5.91 Å². The molecule has 0 saturated heterocycles. The van der Waals surface area contributed by atoms with Crippen LogP contribution in [-0.4, -0.2) is 41.2 Å². The van der Waals surface area contributed by atoms with Crippen LogP contribution >= 0.6 is 11.6 Å². The molecule has 1 aliphatic rings. The van der Waals surface area contributed by atoms with Gasteiger partial charge in [0.05, 0.1) is 47.3 Å². The van der Waals surface area contributed by atoms with Crippen LogP contribution in [0.25, 0.3) is 27.8 Å². The van der Waals surface area contributed by atoms with Crippen LogP contribution in [0.3, 0.4) is 0 Å². The van der Waals surface area contributed by atoms with Gasteiger partial charge in [0.25, 0.3) is 0 Å². The maximum Gasteiger partial charge on any atom is 0.231 e. The molecule has 8 nitrogen and oxygen atoms in total. The molecule has 33 heavy (non-hydrogen) atoms. The average molecular weight is 468 g/mol. The van der Waals surface area contributed by atoms with E-state index in [0.29, 0.717) is 33.4 Å². The summed E-state index contributed by atoms with van der Waals surface area (Å²) in [7, 11) is 0. The quantitative estimate of drug-likeness (QED) is 0.405. The van der Waals surface area contributed by atoms with Crippen molar-refractivity contribution in [3.8, 4) is 11.3 Å². The van der Waals surface area contributed by atoms with Crippen LogP contribution in [0.4, 0.5) is 14.6 Å². The van der Waals surface area contributed by atoms with E-state index in [1.54, 1.807) is 23.0 Å². The summed E-state index contributed by atoms with van der Waals surface area (Å²) in [6, 6.07) is 3.72. The van der Waals surface area contributed by atoms with Gasteiger partial charge in [0, 0.05) is 35.1 Å². The second-order valence-corrected chi connectivity index (χ2v) is 8.39. The van der Waals surface area contributed by atoms with Crippen LogP contribution < -0.4 is 5.32 Å². The molecule has 1 saturated carbocycles. The highest BCUT2D eigenvalue weighted by Crippen LogP contribution is 2.39. The molecule has 2 atom stereocenters. The van der Waals surface area contributed by atoms with Crippen LogP contribution in [0.15, 0.2) is 49.3 Å². The summed E-state index contributed by atoms with van der Waals surface area (Å²) in [4.78, 5) is 20.7. The van der Waals surface area contributed by atoms with Crippen LogP contribution in [-0.2, 0) is 11.3 Å². The Labute approximate surface area is 190 Å². The van der Waals surface area contributed by atoms with Gasteiger partial charge in [0.15, 0.2) is 11.5 Å². The minimum absolute atomic E-state index is 0.0609. The summed E-state index contributed by atoms with van der Waals surface area (Å²) in [5.41, 5.74) is 2.20. The molecular formula is C22H16ClF2N7O. The molecule has 1 fully saturated rings. The Morgan fingerprint density at radius 3 is 2.82 bits per heavy atom. The Hall–Kier alpha value is -3.79. The SMILES string of the molecule is O=C(Nc1cn2cc(-c3c(Cl)c(F)c(Cn4cccc4)c4[nH]ncc34)ncc2n1)[C@@H]1C[C@@H]1F. The summed E-state index contributed by atoms with van der Waals surface area (Å²) < 4.78 is 32.0. The van der Waals surface area contributed by atoms with Gasteiger partial charge in [-0.05, 0) is 18.6 Å². The van der Waals surface area contributed by atoms with E-state index in [9.17, 15) is 9.18 Å². The molecule has 1 aliphatic carbocycles. The van der Waals surface area contributed by atoms with Gasteiger partial charge in [0.1, 0.15) is 12.0 Å². The molecule has 0 spiro atoms. The average Bonchev–Trinajstić information content (AvgIpc) is 3.22. The summed E-state index contributed by atoms with van der Waals surface area (Å²) in [5, 5.41) is 10.2. The summed E-state index contributed by atoms with van der Waals surface area (Å²) in [6.07, 6.45) is 9.13. The predicted molar refractivity (Wildman–Crippen MR) is 118 cm³/mol. The van der Waals surface area contributed by atoms with E-state index in [4.69, 9.17) is 11.6 Å². The third-order valence-electron chi connectivity index (χ3n) is 5.79. The van der Waals surface area contributed by atoms with Gasteiger partial charge < -0.3 is 14.3 Å². The molecule has 2 N–H and O–H groups in total. The first-order chi connectivity index (χ1) is 16.0. The number of benzene rings is 1. The van der Waals surface area contributed by atoms with E-state index < -0.39 is 23.8 Å². The lowest BCUT2D eigenvalue weighted by atomic mass is 10.0. The number of imidazole rings is 1. The third-order valence-corrected chi connectivity index (χ3v) is 6.15. The fourth-order valence-electron chi connectivity index (χ4n) is 3.98. The third kappa shape index (κ3) is 3.34. The Kier molecular flexibility index (Phi) is 4.44. The number of amides is 1. The van der Waals surface area contributed by atoms with Crippen molar-refractivity contribution in [1.29, 1.82) is 0 Å². The van der Waals surface area contributed by atoms with Crippen molar-refractivity contribution in [2.75, 3.05) is 5.32 Å². The van der Waals surface area contributed by atoms with Crippen LogP contribution in [0, 0.1) is 11.7 Å². The number of nitrogens with zero attached hydrogens (tertiary/aromatic N) is 5. The first-order valence-corrected chi connectivity index (χ1v) is 10.6. The fourth-order valence-corrected chi connectivity index (χ4v) is 4.29. The second-order valence-electron chi connectivity index (χ2n) is 8.01. The molecule has 166 valence electrons. The summed E-state index contributed by atoms with van der Waals surface area (Å²) >= 11 is 6.51. The number of halogens is 3. The highest BCUT2D eigenvalue weighted by molar-refractivity contribution is 6.35. The number of alkyl halides is 1. The number of fused-ring (bicyclic) bond motifs is 2. The molecule has 0 aliphatic heterocycles. The first kappa shape index (κ1) is 19.9. The number of rotatable bonds is 5. The van der Waals surface area contributed by atoms with Crippen LogP contribution in [0.5, 0.6) is 0 Å². The largest absolute Gasteiger partial charge is 0.350 e. The number of anilines is 1. The van der Waals surface area contributed by atoms with Crippen LogP contribution in [0.2, 0.25) is 5.02 Å². The topological polar surface area (TPSA) is 92.9 Å². The molecule has 0 bridgehead atoms. The van der Waals surface area contributed by atoms with E-state index in [0.717, 1.165) is 0 Å². The van der Waals surface area contributed by atoms with Crippen molar-refractivity contribution < 1.29 is 13.6 Å². The van der Waals surface area contributed by atoms with Crippen molar-refractivity contribution in [2.24, 2.45) is 5.92 Å². The van der Waals surface area contributed by atoms with Gasteiger partial charge in [-0.15, -0.1) is 0 Å². The number of hydrogen-bond donors (Lipinski definition) is 2. The summed E-state index contributed by atoms with van der Waals surface area (Å²) in [5.74, 6) is -1.29. The molecule has 1 aromatic carbocycles. The van der Waals surface area contributed by atoms with E-state index in [-0.39, 0.29) is 23.8 Å². The number of carbonyl (C=O) groups excluding carboxylic acids is 1. The van der Waals surface area contributed by atoms with Gasteiger partial charge in [-0.2, -0.15) is 5.10 Å². The van der Waals surface area contributed by atoms with Crippen molar-refractivity contribution >= 4 is 39.9 Å². The molecular weight excluding hydrogens is 452 g/mol. The molecule has 1 amide bonds. The molecule has 4 heterocycles. The van der Waals surface area contributed by atoms with Crippen molar-refractivity contribution in [2.45, 2.75) is 19.1 Å². The monoisotopic (exact) mass is 467 g/mol. The van der Waals surface area contributed by atoms with Crippen molar-refractivity contribution in [3.63, 3.8) is 0 Å². The first-order valence-electron chi connectivity index (χ1n) is 10.2. The number of aromatic amines is 1. The van der Waals surface area contributed by atoms with E-state index in [2.05, 4.69) is 25.5 Å². The number of H-pyrrole nitrogens is 1. The zero-order chi connectivity index (χ0) is 22.7. The van der Waals surface area contributed by atoms with E-state index >= 15 is 4.39 Å². The predicted octanol–water partition coefficient (Wildman–Crippen LogP) is 4.21. The van der Waals surface area contributed by atoms with Crippen molar-refractivity contribution in [3.05, 3.63) is 65.7 Å². The zero-order valence-corrected chi connectivity index (χ0v) is 17.7. The van der Waals surface area contributed by atoms with Gasteiger partial charge in [-0.25, -0.2) is 13.8 Å². The van der Waals surface area contributed by atoms with Gasteiger partial charge >= 0.3 is 0 Å². The maximum atomic E-state index is 15.4. The Morgan fingerprint density at radius 1 is 1.27 bits per heavy atom. The van der Waals surface area contributed by atoms with Crippen molar-refractivity contribution in [1.82, 2.24) is 29.1 Å². The number of nitrogens with one attached hydrogen (secondary N) is 2. The minimum atomic E-state index is -1.09. The highest BCUT2D eigenvalue weighted by atomic mass is 35.5. The fraction of sp³-hybridized carbons (Fsp3) is 0.182. The standard InChI is InChI=1S/C22H16ClF2N7O/c23-19-18(12-6-27-30-21(12)13(20(19)25)8-31-3-1-2-4-31)15-9-32-10-16(28-17(32)7-26-15)29-22(33)11-5-14(11)24/h1-4,6-7,9-11,14H,5,8H2,(H,27,30)(H,29,33)/t11-,14+/m1/s1. The molecule has 6 rings (SSSR count). The minimum Gasteiger partial charge on any atom is -0.350 e. The lowest BCUT2D eigenvalue weighted by molar-refractivity contribution is -0.117. The maximum absolute atomic E-state index is 15.4. The molecule has 11 heteroatoms. The smallest absolute Gasteiger partial charge is 0.231 e. The number of carbonyl (C=O) groups is 1. The number of hydrogen-bond acceptors (Lipinski definition) is 4. The Morgan fingerprint density at radius 2 is 2.06 bits per heavy atom. The van der Waals surface area contributed by atoms with Crippen LogP contribution in [0.1, 0.15) is 12.0 Å². The van der Waals surface area contributed by atoms with Gasteiger partial charge in [-0.1, -0.05) is 11.6 Å². The second kappa shape index (κ2) is 7.38. The molecule has 5 aromatic rings. The number of aromatic nitrogens is 6. The summed E-state index contributed by atoms with van der Waals surface area (Å²) in [6.45, 7) is 0.287. The molecule has 0 unspecified atom stereocenters. The highest BCUT2D eigenvalue weighted by Gasteiger charge is 2.43. The van der Waals surface area contributed by atoms with E-state index in [1.165, 1.54) is 6.20 Å². The zero-order valence-electron chi connectivity index (χ0n) is 17.0. The molecule has 4 aromatic heterocycles. The normalized spacial score (nSPS) is 17.7. The van der Waals surface area contributed by atoms with Gasteiger partial charge in [-0.3, -0.25) is 14.9 Å². The molecule has 0 radical (unpaired) electrons. The van der Waals surface area contributed by atoms with E-state index in [1.807, 2.05) is 29.1 Å². The lowest BCUT2D eigenvalue weighted by Crippen LogP contribution is -2.15. The Balaban J connectivity index is 1.41. The lowest BCUT2D eigenvalue weighted by Gasteiger charge is -2.13.